The third-order valence-corrected chi connectivity index (χ3v) is 5.20. The van der Waals surface area contributed by atoms with Crippen molar-refractivity contribution in [2.75, 3.05) is 31.1 Å². The summed E-state index contributed by atoms with van der Waals surface area (Å²) in [5, 5.41) is 15.8. The van der Waals surface area contributed by atoms with E-state index in [0.29, 0.717) is 49.2 Å². The fourth-order valence-electron chi connectivity index (χ4n) is 3.47. The van der Waals surface area contributed by atoms with Gasteiger partial charge in [0.25, 0.3) is 5.91 Å². The predicted octanol–water partition coefficient (Wildman–Crippen LogP) is 2.81. The van der Waals surface area contributed by atoms with Crippen molar-refractivity contribution in [1.82, 2.24) is 9.88 Å². The summed E-state index contributed by atoms with van der Waals surface area (Å²) in [5.41, 5.74) is 1.20. The van der Waals surface area contributed by atoms with Gasteiger partial charge in [0.05, 0.1) is 4.92 Å². The van der Waals surface area contributed by atoms with E-state index >= 15 is 0 Å². The van der Waals surface area contributed by atoms with E-state index in [4.69, 9.17) is 16.4 Å². The van der Waals surface area contributed by atoms with Crippen LogP contribution in [0.2, 0.25) is 5.02 Å². The Labute approximate surface area is 171 Å². The normalized spacial score (nSPS) is 18.9. The zero-order chi connectivity index (χ0) is 20.4. The van der Waals surface area contributed by atoms with Crippen LogP contribution in [0.15, 0.2) is 47.8 Å². The number of piperazine rings is 1. The van der Waals surface area contributed by atoms with Crippen molar-refractivity contribution in [3.05, 3.63) is 63.3 Å². The first kappa shape index (κ1) is 19.1. The molecule has 3 heterocycles. The Bertz CT molecular complexity index is 975. The minimum atomic E-state index is -0.444. The van der Waals surface area contributed by atoms with E-state index in [2.05, 4.69) is 10.1 Å². The van der Waals surface area contributed by atoms with E-state index in [1.54, 1.807) is 17.0 Å². The number of rotatable bonds is 4. The van der Waals surface area contributed by atoms with Gasteiger partial charge in [-0.15, -0.1) is 0 Å². The smallest absolute Gasteiger partial charge is 0.311 e. The van der Waals surface area contributed by atoms with Crippen LogP contribution in [0.3, 0.4) is 0 Å². The van der Waals surface area contributed by atoms with Crippen LogP contribution < -0.4 is 4.90 Å². The van der Waals surface area contributed by atoms with Gasteiger partial charge in [-0.3, -0.25) is 14.9 Å². The highest BCUT2D eigenvalue weighted by atomic mass is 35.5. The van der Waals surface area contributed by atoms with E-state index in [9.17, 15) is 14.9 Å². The topological polar surface area (TPSA) is 101 Å². The Morgan fingerprint density at radius 2 is 2.00 bits per heavy atom. The molecule has 2 aliphatic rings. The zero-order valence-electron chi connectivity index (χ0n) is 15.4. The number of oxime groups is 1. The molecule has 1 aromatic heterocycles. The summed E-state index contributed by atoms with van der Waals surface area (Å²) >= 11 is 6.02. The van der Waals surface area contributed by atoms with Crippen molar-refractivity contribution in [3.8, 4) is 0 Å². The Balaban J connectivity index is 1.37. The van der Waals surface area contributed by atoms with Gasteiger partial charge in [-0.05, 0) is 23.8 Å². The van der Waals surface area contributed by atoms with Crippen LogP contribution in [0.5, 0.6) is 0 Å². The molecule has 1 unspecified atom stereocenters. The fraction of sp³-hybridized carbons (Fsp3) is 0.316. The van der Waals surface area contributed by atoms with Crippen molar-refractivity contribution in [1.29, 1.82) is 0 Å². The molecule has 1 saturated heterocycles. The summed E-state index contributed by atoms with van der Waals surface area (Å²) < 4.78 is 0. The molecule has 1 fully saturated rings. The second kappa shape index (κ2) is 8.04. The number of pyridine rings is 1. The van der Waals surface area contributed by atoms with Gasteiger partial charge in [-0.2, -0.15) is 0 Å². The average Bonchev–Trinajstić information content (AvgIpc) is 3.24. The van der Waals surface area contributed by atoms with Gasteiger partial charge in [0.1, 0.15) is 5.71 Å². The summed E-state index contributed by atoms with van der Waals surface area (Å²) in [4.78, 5) is 36.7. The Kier molecular flexibility index (Phi) is 5.30. The van der Waals surface area contributed by atoms with E-state index in [0.717, 1.165) is 5.56 Å². The van der Waals surface area contributed by atoms with E-state index in [1.165, 1.54) is 18.3 Å². The lowest BCUT2D eigenvalue weighted by Crippen LogP contribution is -2.50. The molecule has 2 aromatic rings. The van der Waals surface area contributed by atoms with Crippen LogP contribution in [0, 0.1) is 10.1 Å². The van der Waals surface area contributed by atoms with Crippen LogP contribution in [-0.2, 0) is 9.63 Å². The van der Waals surface area contributed by atoms with Gasteiger partial charge in [-0.1, -0.05) is 28.9 Å². The van der Waals surface area contributed by atoms with E-state index in [-0.39, 0.29) is 17.7 Å². The standard InChI is InChI=1S/C19H18ClN5O4/c20-14-4-1-3-13(11-14)17-12-15(22-29-17)19(26)24-9-7-23(8-10-24)18-16(25(27)28)5-2-6-21-18/h1-6,11,17H,7-10,12H2. The number of aromatic nitrogens is 1. The lowest BCUT2D eigenvalue weighted by molar-refractivity contribution is -0.384. The number of hydrogen-bond acceptors (Lipinski definition) is 7. The van der Waals surface area contributed by atoms with Crippen LogP contribution in [-0.4, -0.2) is 52.6 Å². The van der Waals surface area contributed by atoms with Crippen molar-refractivity contribution in [2.45, 2.75) is 12.5 Å². The molecule has 0 aliphatic carbocycles. The Morgan fingerprint density at radius 3 is 2.72 bits per heavy atom. The largest absolute Gasteiger partial charge is 0.387 e. The third kappa shape index (κ3) is 4.00. The zero-order valence-corrected chi connectivity index (χ0v) is 16.2. The number of carbonyl (C=O) groups excluding carboxylic acids is 1. The number of halogens is 1. The summed E-state index contributed by atoms with van der Waals surface area (Å²) in [5.74, 6) is 0.150. The molecule has 150 valence electrons. The first-order valence-electron chi connectivity index (χ1n) is 9.14. The van der Waals surface area contributed by atoms with Crippen molar-refractivity contribution >= 4 is 34.7 Å². The van der Waals surface area contributed by atoms with Gasteiger partial charge in [0, 0.05) is 49.9 Å². The molecule has 1 aromatic carbocycles. The van der Waals surface area contributed by atoms with Gasteiger partial charge in [0.2, 0.25) is 5.82 Å². The highest BCUT2D eigenvalue weighted by molar-refractivity contribution is 6.39. The molecule has 9 nitrogen and oxygen atoms in total. The fourth-order valence-corrected chi connectivity index (χ4v) is 3.67. The molecular formula is C19H18ClN5O4. The molecule has 1 amide bonds. The maximum atomic E-state index is 12.8. The summed E-state index contributed by atoms with van der Waals surface area (Å²) in [7, 11) is 0. The first-order valence-corrected chi connectivity index (χ1v) is 9.52. The number of nitrogens with zero attached hydrogens (tertiary/aromatic N) is 5. The quantitative estimate of drug-likeness (QED) is 0.562. The molecule has 0 N–H and O–H groups in total. The minimum absolute atomic E-state index is 0.0368. The second-order valence-corrected chi connectivity index (χ2v) is 7.21. The SMILES string of the molecule is O=C(C1=NOC(c2cccc(Cl)c2)C1)N1CCN(c2ncccc2[N+](=O)[O-])CC1. The lowest BCUT2D eigenvalue weighted by Gasteiger charge is -2.34. The molecule has 0 radical (unpaired) electrons. The predicted molar refractivity (Wildman–Crippen MR) is 107 cm³/mol. The monoisotopic (exact) mass is 415 g/mol. The van der Waals surface area contributed by atoms with Crippen LogP contribution >= 0.6 is 11.6 Å². The third-order valence-electron chi connectivity index (χ3n) is 4.97. The van der Waals surface area contributed by atoms with Crippen LogP contribution in [0.4, 0.5) is 11.5 Å². The molecular weight excluding hydrogens is 398 g/mol. The van der Waals surface area contributed by atoms with Gasteiger partial charge < -0.3 is 14.6 Å². The van der Waals surface area contributed by atoms with Gasteiger partial charge >= 0.3 is 5.69 Å². The van der Waals surface area contributed by atoms with E-state index in [1.807, 2.05) is 17.0 Å². The molecule has 1 atom stereocenters. The highest BCUT2D eigenvalue weighted by Gasteiger charge is 2.33. The minimum Gasteiger partial charge on any atom is -0.387 e. The molecule has 0 spiro atoms. The molecule has 0 saturated carbocycles. The average molecular weight is 416 g/mol. The van der Waals surface area contributed by atoms with Gasteiger partial charge in [-0.25, -0.2) is 4.98 Å². The Morgan fingerprint density at radius 1 is 1.21 bits per heavy atom. The summed E-state index contributed by atoms with van der Waals surface area (Å²) in [6.07, 6.45) is 1.58. The molecule has 2 aliphatic heterocycles. The summed E-state index contributed by atoms with van der Waals surface area (Å²) in [6.45, 7) is 1.76. The maximum absolute atomic E-state index is 12.8. The molecule has 10 heteroatoms. The molecule has 29 heavy (non-hydrogen) atoms. The number of benzene rings is 1. The van der Waals surface area contributed by atoms with Crippen molar-refractivity contribution < 1.29 is 14.6 Å². The second-order valence-electron chi connectivity index (χ2n) is 6.77. The number of hydrogen-bond donors (Lipinski definition) is 0. The number of amides is 1. The highest BCUT2D eigenvalue weighted by Crippen LogP contribution is 2.30. The molecule has 0 bridgehead atoms. The maximum Gasteiger partial charge on any atom is 0.311 e. The van der Waals surface area contributed by atoms with Crippen LogP contribution in [0.1, 0.15) is 18.1 Å². The number of anilines is 1. The lowest BCUT2D eigenvalue weighted by atomic mass is 10.0. The molecule has 4 rings (SSSR count). The van der Waals surface area contributed by atoms with Crippen molar-refractivity contribution in [2.24, 2.45) is 5.16 Å². The van der Waals surface area contributed by atoms with Gasteiger partial charge in [0.15, 0.2) is 6.10 Å². The first-order chi connectivity index (χ1) is 14.0. The number of carbonyl (C=O) groups is 1. The van der Waals surface area contributed by atoms with Crippen molar-refractivity contribution in [3.63, 3.8) is 0 Å². The van der Waals surface area contributed by atoms with E-state index < -0.39 is 4.92 Å². The van der Waals surface area contributed by atoms with Crippen LogP contribution in [0.25, 0.3) is 0 Å². The summed E-state index contributed by atoms with van der Waals surface area (Å²) in [6, 6.07) is 10.3. The Hall–Kier alpha value is -3.20. The number of nitro groups is 1.